The zero-order valence-corrected chi connectivity index (χ0v) is 20.6. The summed E-state index contributed by atoms with van der Waals surface area (Å²) >= 11 is 0. The zero-order valence-electron chi connectivity index (χ0n) is 19.8. The number of likely N-dealkylation sites (tertiary alicyclic amines) is 1. The molecule has 0 radical (unpaired) electrons. The number of rotatable bonds is 7. The average Bonchev–Trinajstić information content (AvgIpc) is 3.68. The van der Waals surface area contributed by atoms with E-state index in [2.05, 4.69) is 19.6 Å². The second-order valence-electron chi connectivity index (χ2n) is 9.52. The van der Waals surface area contributed by atoms with Crippen LogP contribution in [0.3, 0.4) is 0 Å². The predicted octanol–water partition coefficient (Wildman–Crippen LogP) is 1.69. The van der Waals surface area contributed by atoms with E-state index >= 15 is 0 Å². The molecule has 1 N–H and O–H groups in total. The van der Waals surface area contributed by atoms with Gasteiger partial charge >= 0.3 is 0 Å². The number of methoxy groups -OCH3 is 1. The number of benzene rings is 1. The molecule has 5 rings (SSSR count). The summed E-state index contributed by atoms with van der Waals surface area (Å²) in [6, 6.07) is 8.02. The van der Waals surface area contributed by atoms with E-state index < -0.39 is 15.6 Å². The van der Waals surface area contributed by atoms with E-state index in [9.17, 15) is 13.2 Å². The van der Waals surface area contributed by atoms with Crippen LogP contribution in [-0.2, 0) is 19.5 Å². The average molecular weight is 504 g/mol. The highest BCUT2D eigenvalue weighted by Gasteiger charge is 2.44. The highest BCUT2D eigenvalue weighted by Crippen LogP contribution is 2.34. The molecule has 3 fully saturated rings. The second kappa shape index (κ2) is 9.81. The van der Waals surface area contributed by atoms with Crippen LogP contribution in [0.15, 0.2) is 47.6 Å². The zero-order chi connectivity index (χ0) is 24.5. The largest absolute Gasteiger partial charge is 0.382 e. The van der Waals surface area contributed by atoms with Crippen molar-refractivity contribution in [1.82, 2.24) is 19.6 Å². The molecule has 10 nitrogen and oxygen atoms in total. The minimum absolute atomic E-state index is 0. The van der Waals surface area contributed by atoms with Gasteiger partial charge in [-0.15, -0.1) is 0 Å². The topological polar surface area (TPSA) is 114 Å². The summed E-state index contributed by atoms with van der Waals surface area (Å²) < 4.78 is 39.3. The van der Waals surface area contributed by atoms with Crippen LogP contribution in [0.5, 0.6) is 0 Å². The third-order valence-corrected chi connectivity index (χ3v) is 8.32. The van der Waals surface area contributed by atoms with Gasteiger partial charge in [0.2, 0.25) is 16.0 Å². The Bertz CT molecular complexity index is 1140. The minimum Gasteiger partial charge on any atom is -0.382 e. The SMILES string of the molecule is COCC1CN(c2ncccn2)CC2(CCN(C(=O)c3ccc(S(=O)(=O)NC4CC4)cc3)CC2)O1.[HH]. The van der Waals surface area contributed by atoms with Crippen LogP contribution in [0.4, 0.5) is 5.95 Å². The number of hydrogen-bond donors (Lipinski definition) is 1. The third-order valence-electron chi connectivity index (χ3n) is 6.78. The number of nitrogens with zero attached hydrogens (tertiary/aromatic N) is 4. The van der Waals surface area contributed by atoms with E-state index in [-0.39, 0.29) is 24.4 Å². The van der Waals surface area contributed by atoms with Gasteiger partial charge in [-0.05, 0) is 56.0 Å². The minimum atomic E-state index is -3.54. The number of ether oxygens (including phenoxy) is 2. The Morgan fingerprint density at radius 3 is 2.51 bits per heavy atom. The van der Waals surface area contributed by atoms with E-state index in [1.165, 1.54) is 12.1 Å². The monoisotopic (exact) mass is 503 g/mol. The molecule has 1 saturated carbocycles. The van der Waals surface area contributed by atoms with E-state index in [0.29, 0.717) is 57.1 Å². The molecule has 1 amide bonds. The number of carbonyl (C=O) groups is 1. The lowest BCUT2D eigenvalue weighted by atomic mass is 9.88. The number of morpholine rings is 1. The van der Waals surface area contributed by atoms with Gasteiger partial charge in [0.1, 0.15) is 0 Å². The molecule has 35 heavy (non-hydrogen) atoms. The van der Waals surface area contributed by atoms with Crippen molar-refractivity contribution in [2.24, 2.45) is 0 Å². The van der Waals surface area contributed by atoms with Gasteiger partial charge in [0.25, 0.3) is 5.91 Å². The maximum Gasteiger partial charge on any atom is 0.253 e. The van der Waals surface area contributed by atoms with Crippen molar-refractivity contribution in [2.45, 2.75) is 48.3 Å². The molecule has 3 heterocycles. The normalized spacial score (nSPS) is 22.4. The Morgan fingerprint density at radius 1 is 1.20 bits per heavy atom. The number of amides is 1. The van der Waals surface area contributed by atoms with Crippen molar-refractivity contribution in [3.05, 3.63) is 48.3 Å². The molecule has 1 spiro atoms. The van der Waals surface area contributed by atoms with Crippen molar-refractivity contribution in [3.63, 3.8) is 0 Å². The van der Waals surface area contributed by atoms with Crippen molar-refractivity contribution in [1.29, 1.82) is 0 Å². The van der Waals surface area contributed by atoms with E-state index in [1.54, 1.807) is 37.7 Å². The molecule has 2 aliphatic heterocycles. The Kier molecular flexibility index (Phi) is 6.75. The maximum absolute atomic E-state index is 13.1. The first kappa shape index (κ1) is 24.1. The smallest absolute Gasteiger partial charge is 0.253 e. The van der Waals surface area contributed by atoms with Gasteiger partial charge < -0.3 is 19.3 Å². The van der Waals surface area contributed by atoms with Crippen molar-refractivity contribution in [2.75, 3.05) is 44.8 Å². The number of hydrogen-bond acceptors (Lipinski definition) is 8. The first-order chi connectivity index (χ1) is 16.9. The van der Waals surface area contributed by atoms with Crippen molar-refractivity contribution >= 4 is 21.9 Å². The van der Waals surface area contributed by atoms with Crippen LogP contribution in [0.2, 0.25) is 0 Å². The highest BCUT2D eigenvalue weighted by molar-refractivity contribution is 7.89. The molecule has 190 valence electrons. The van der Waals surface area contributed by atoms with Gasteiger partial charge in [-0.2, -0.15) is 0 Å². The quantitative estimate of drug-likeness (QED) is 0.607. The summed E-state index contributed by atoms with van der Waals surface area (Å²) in [6.45, 7) is 2.86. The van der Waals surface area contributed by atoms with Gasteiger partial charge in [-0.3, -0.25) is 4.79 Å². The third kappa shape index (κ3) is 5.48. The summed E-state index contributed by atoms with van der Waals surface area (Å²) in [5, 5.41) is 0. The lowest BCUT2D eigenvalue weighted by Gasteiger charge is -2.49. The fourth-order valence-electron chi connectivity index (χ4n) is 4.81. The molecule has 3 aliphatic rings. The predicted molar refractivity (Wildman–Crippen MR) is 131 cm³/mol. The Labute approximate surface area is 207 Å². The van der Waals surface area contributed by atoms with E-state index in [1.807, 2.05) is 4.90 Å². The van der Waals surface area contributed by atoms with Gasteiger partial charge in [-0.1, -0.05) is 0 Å². The fourth-order valence-corrected chi connectivity index (χ4v) is 6.11. The second-order valence-corrected chi connectivity index (χ2v) is 11.2. The number of sulfonamides is 1. The molecule has 1 aliphatic carbocycles. The Hall–Kier alpha value is -2.60. The molecule has 1 aromatic carbocycles. The van der Waals surface area contributed by atoms with Crippen molar-refractivity contribution in [3.8, 4) is 0 Å². The summed E-state index contributed by atoms with van der Waals surface area (Å²) in [5.41, 5.74) is 0.0663. The summed E-state index contributed by atoms with van der Waals surface area (Å²) in [4.78, 5) is 26.1. The van der Waals surface area contributed by atoms with Gasteiger partial charge in [-0.25, -0.2) is 23.1 Å². The van der Waals surface area contributed by atoms with Crippen LogP contribution in [0.25, 0.3) is 0 Å². The molecule has 11 heteroatoms. The summed E-state index contributed by atoms with van der Waals surface area (Å²) in [6.07, 6.45) is 6.46. The van der Waals surface area contributed by atoms with Crippen molar-refractivity contribution < 1.29 is 24.1 Å². The van der Waals surface area contributed by atoms with E-state index in [4.69, 9.17) is 9.47 Å². The van der Waals surface area contributed by atoms with Crippen LogP contribution in [-0.4, -0.2) is 86.8 Å². The maximum atomic E-state index is 13.1. The molecular weight excluding hydrogens is 470 g/mol. The Morgan fingerprint density at radius 2 is 1.89 bits per heavy atom. The van der Waals surface area contributed by atoms with Crippen LogP contribution < -0.4 is 9.62 Å². The van der Waals surface area contributed by atoms with Crippen LogP contribution in [0.1, 0.15) is 37.5 Å². The van der Waals surface area contributed by atoms with Crippen LogP contribution >= 0.6 is 0 Å². The van der Waals surface area contributed by atoms with Gasteiger partial charge in [0.15, 0.2) is 0 Å². The molecular formula is C24H33N5O5S. The number of aromatic nitrogens is 2. The number of nitrogens with one attached hydrogen (secondary N) is 1. The lowest BCUT2D eigenvalue weighted by Crippen LogP contribution is -2.61. The molecule has 2 aromatic rings. The molecule has 1 unspecified atom stereocenters. The van der Waals surface area contributed by atoms with Crippen LogP contribution in [0, 0.1) is 0 Å². The van der Waals surface area contributed by atoms with Gasteiger partial charge in [0.05, 0.1) is 29.8 Å². The number of carbonyl (C=O) groups excluding carboxylic acids is 1. The fraction of sp³-hybridized carbons (Fsp3) is 0.542. The van der Waals surface area contributed by atoms with E-state index in [0.717, 1.165) is 12.8 Å². The molecule has 1 atom stereocenters. The standard InChI is InChI=1S/C24H31N5O5S.H2/c1-33-16-20-15-29(23-25-11-2-12-26-23)17-24(34-20)9-13-28(14-10-24)22(30)18-3-7-21(8-4-18)35(31,32)27-19-5-6-19;/h2-4,7-8,11-12,19-20,27H,5-6,9-10,13-17H2,1H3;1H. The Balaban J connectivity index is 0.00000304. The molecule has 1 aromatic heterocycles. The summed E-state index contributed by atoms with van der Waals surface area (Å²) in [7, 11) is -1.88. The first-order valence-electron chi connectivity index (χ1n) is 12.0. The molecule has 0 bridgehead atoms. The molecule has 2 saturated heterocycles. The lowest BCUT2D eigenvalue weighted by molar-refractivity contribution is -0.145. The number of anilines is 1. The van der Waals surface area contributed by atoms with Gasteiger partial charge in [0, 0.05) is 52.2 Å². The first-order valence-corrected chi connectivity index (χ1v) is 13.5. The highest BCUT2D eigenvalue weighted by atomic mass is 32.2. The number of piperidine rings is 1. The summed E-state index contributed by atoms with van der Waals surface area (Å²) in [5.74, 6) is 0.562.